The van der Waals surface area contributed by atoms with Gasteiger partial charge in [0.15, 0.2) is 0 Å². The molecular formula is C14H19ClO. The van der Waals surface area contributed by atoms with Crippen LogP contribution in [0, 0.1) is 19.8 Å². The highest BCUT2D eigenvalue weighted by Crippen LogP contribution is 2.30. The van der Waals surface area contributed by atoms with E-state index in [1.807, 2.05) is 0 Å². The average molecular weight is 239 g/mol. The second kappa shape index (κ2) is 5.09. The van der Waals surface area contributed by atoms with Gasteiger partial charge in [0.05, 0.1) is 6.61 Å². The van der Waals surface area contributed by atoms with Crippen LogP contribution in [-0.4, -0.2) is 6.61 Å². The van der Waals surface area contributed by atoms with Crippen molar-refractivity contribution in [1.29, 1.82) is 0 Å². The molecule has 1 fully saturated rings. The van der Waals surface area contributed by atoms with E-state index < -0.39 is 0 Å². The Balaban J connectivity index is 2.06. The van der Waals surface area contributed by atoms with E-state index in [1.54, 1.807) is 0 Å². The van der Waals surface area contributed by atoms with Gasteiger partial charge >= 0.3 is 0 Å². The summed E-state index contributed by atoms with van der Waals surface area (Å²) in [5.74, 6) is 2.41. The molecule has 0 heterocycles. The first-order valence-electron chi connectivity index (χ1n) is 5.99. The molecule has 1 aromatic rings. The first-order valence-corrected chi connectivity index (χ1v) is 6.53. The summed E-state index contributed by atoms with van der Waals surface area (Å²) in [6.45, 7) is 5.07. The fourth-order valence-corrected chi connectivity index (χ4v) is 2.36. The van der Waals surface area contributed by atoms with Crippen molar-refractivity contribution < 1.29 is 4.74 Å². The van der Waals surface area contributed by atoms with E-state index in [9.17, 15) is 0 Å². The van der Waals surface area contributed by atoms with Gasteiger partial charge in [-0.3, -0.25) is 0 Å². The molecule has 0 amide bonds. The highest BCUT2D eigenvalue weighted by molar-refractivity contribution is 6.17. The van der Waals surface area contributed by atoms with Crippen LogP contribution in [0.1, 0.15) is 36.0 Å². The molecule has 2 heteroatoms. The van der Waals surface area contributed by atoms with Crippen molar-refractivity contribution in [3.63, 3.8) is 0 Å². The standard InChI is InChI=1S/C14H19ClO/c1-10-6-13(8-15)7-11(2)14(10)16-9-12-4-3-5-12/h6-7,12H,3-5,8-9H2,1-2H3. The third kappa shape index (κ3) is 2.52. The normalized spacial score (nSPS) is 15.9. The Morgan fingerprint density at radius 3 is 2.31 bits per heavy atom. The molecule has 0 aromatic heterocycles. The lowest BCUT2D eigenvalue weighted by Crippen LogP contribution is -2.19. The van der Waals surface area contributed by atoms with Crippen LogP contribution in [0.3, 0.4) is 0 Å². The monoisotopic (exact) mass is 238 g/mol. The Bertz CT molecular complexity index is 346. The lowest BCUT2D eigenvalue weighted by atomic mass is 9.86. The summed E-state index contributed by atoms with van der Waals surface area (Å²) in [5, 5.41) is 0. The molecule has 1 aliphatic rings. The Morgan fingerprint density at radius 1 is 1.25 bits per heavy atom. The first kappa shape index (κ1) is 11.8. The van der Waals surface area contributed by atoms with Gasteiger partial charge in [0.25, 0.3) is 0 Å². The summed E-state index contributed by atoms with van der Waals surface area (Å²) in [6, 6.07) is 4.24. The number of benzene rings is 1. The molecule has 0 spiro atoms. The van der Waals surface area contributed by atoms with Gasteiger partial charge in [-0.2, -0.15) is 0 Å². The molecule has 0 N–H and O–H groups in total. The molecule has 1 saturated carbocycles. The summed E-state index contributed by atoms with van der Waals surface area (Å²) < 4.78 is 5.93. The summed E-state index contributed by atoms with van der Waals surface area (Å²) in [5.41, 5.74) is 3.58. The number of hydrogen-bond acceptors (Lipinski definition) is 1. The van der Waals surface area contributed by atoms with Gasteiger partial charge in [-0.1, -0.05) is 18.6 Å². The maximum Gasteiger partial charge on any atom is 0.125 e. The van der Waals surface area contributed by atoms with Crippen molar-refractivity contribution in [2.45, 2.75) is 39.0 Å². The molecule has 0 radical (unpaired) electrons. The molecule has 2 rings (SSSR count). The van der Waals surface area contributed by atoms with Crippen molar-refractivity contribution in [3.8, 4) is 5.75 Å². The van der Waals surface area contributed by atoms with Crippen molar-refractivity contribution in [2.24, 2.45) is 5.92 Å². The lowest BCUT2D eigenvalue weighted by molar-refractivity contribution is 0.179. The van der Waals surface area contributed by atoms with E-state index in [4.69, 9.17) is 16.3 Å². The van der Waals surface area contributed by atoms with Crippen LogP contribution in [0.5, 0.6) is 5.75 Å². The van der Waals surface area contributed by atoms with Crippen LogP contribution in [0.25, 0.3) is 0 Å². The zero-order chi connectivity index (χ0) is 11.5. The predicted octanol–water partition coefficient (Wildman–Crippen LogP) is 4.22. The van der Waals surface area contributed by atoms with E-state index >= 15 is 0 Å². The van der Waals surface area contributed by atoms with Crippen molar-refractivity contribution in [1.82, 2.24) is 0 Å². The molecular weight excluding hydrogens is 220 g/mol. The van der Waals surface area contributed by atoms with Crippen LogP contribution < -0.4 is 4.74 Å². The lowest BCUT2D eigenvalue weighted by Gasteiger charge is -2.26. The van der Waals surface area contributed by atoms with Crippen LogP contribution in [0.2, 0.25) is 0 Å². The number of ether oxygens (including phenoxy) is 1. The van der Waals surface area contributed by atoms with Gasteiger partial charge < -0.3 is 4.74 Å². The van der Waals surface area contributed by atoms with Gasteiger partial charge in [0, 0.05) is 5.88 Å². The van der Waals surface area contributed by atoms with Crippen LogP contribution in [0.15, 0.2) is 12.1 Å². The Kier molecular flexibility index (Phi) is 3.75. The topological polar surface area (TPSA) is 9.23 Å². The van der Waals surface area contributed by atoms with Crippen LogP contribution in [0.4, 0.5) is 0 Å². The number of halogens is 1. The summed E-state index contributed by atoms with van der Waals surface area (Å²) in [6.07, 6.45) is 4.03. The molecule has 1 aliphatic carbocycles. The minimum Gasteiger partial charge on any atom is -0.493 e. The van der Waals surface area contributed by atoms with Gasteiger partial charge in [-0.05, 0) is 49.3 Å². The van der Waals surface area contributed by atoms with Crippen LogP contribution in [-0.2, 0) is 5.88 Å². The van der Waals surface area contributed by atoms with Crippen LogP contribution >= 0.6 is 11.6 Å². The van der Waals surface area contributed by atoms with Crippen molar-refractivity contribution >= 4 is 11.6 Å². The Hall–Kier alpha value is -0.690. The Labute approximate surface area is 103 Å². The molecule has 88 valence electrons. The molecule has 0 unspecified atom stereocenters. The largest absolute Gasteiger partial charge is 0.493 e. The minimum atomic E-state index is 0.574. The summed E-state index contributed by atoms with van der Waals surface area (Å²) >= 11 is 5.84. The maximum absolute atomic E-state index is 5.93. The first-order chi connectivity index (χ1) is 7.70. The summed E-state index contributed by atoms with van der Waals surface area (Å²) in [4.78, 5) is 0. The quantitative estimate of drug-likeness (QED) is 0.714. The highest BCUT2D eigenvalue weighted by atomic mass is 35.5. The van der Waals surface area contributed by atoms with E-state index in [2.05, 4.69) is 26.0 Å². The molecule has 0 atom stereocenters. The van der Waals surface area contributed by atoms with Gasteiger partial charge in [-0.25, -0.2) is 0 Å². The molecule has 1 aromatic carbocycles. The second-order valence-electron chi connectivity index (χ2n) is 4.80. The molecule has 0 aliphatic heterocycles. The third-order valence-corrected chi connectivity index (χ3v) is 3.67. The number of alkyl halides is 1. The van der Waals surface area contributed by atoms with Gasteiger partial charge in [0.1, 0.15) is 5.75 Å². The van der Waals surface area contributed by atoms with E-state index in [0.29, 0.717) is 5.88 Å². The predicted molar refractivity (Wildman–Crippen MR) is 68.3 cm³/mol. The molecule has 16 heavy (non-hydrogen) atoms. The van der Waals surface area contributed by atoms with Crippen molar-refractivity contribution in [2.75, 3.05) is 6.61 Å². The number of rotatable bonds is 4. The van der Waals surface area contributed by atoms with E-state index in [1.165, 1.54) is 36.0 Å². The van der Waals surface area contributed by atoms with Crippen molar-refractivity contribution in [3.05, 3.63) is 28.8 Å². The number of aryl methyl sites for hydroxylation is 2. The number of hydrogen-bond donors (Lipinski definition) is 0. The van der Waals surface area contributed by atoms with E-state index in [-0.39, 0.29) is 0 Å². The SMILES string of the molecule is Cc1cc(CCl)cc(C)c1OCC1CCC1. The maximum atomic E-state index is 5.93. The second-order valence-corrected chi connectivity index (χ2v) is 5.07. The Morgan fingerprint density at radius 2 is 1.88 bits per heavy atom. The third-order valence-electron chi connectivity index (χ3n) is 3.36. The molecule has 1 nitrogen and oxygen atoms in total. The summed E-state index contributed by atoms with van der Waals surface area (Å²) in [7, 11) is 0. The minimum absolute atomic E-state index is 0.574. The molecule has 0 saturated heterocycles. The highest BCUT2D eigenvalue weighted by Gasteiger charge is 2.18. The van der Waals surface area contributed by atoms with Gasteiger partial charge in [-0.15, -0.1) is 11.6 Å². The fourth-order valence-electron chi connectivity index (χ4n) is 2.21. The average Bonchev–Trinajstić information content (AvgIpc) is 2.19. The zero-order valence-corrected chi connectivity index (χ0v) is 10.8. The molecule has 0 bridgehead atoms. The smallest absolute Gasteiger partial charge is 0.125 e. The van der Waals surface area contributed by atoms with Gasteiger partial charge in [0.2, 0.25) is 0 Å². The zero-order valence-electron chi connectivity index (χ0n) is 10.1. The van der Waals surface area contributed by atoms with E-state index in [0.717, 1.165) is 18.3 Å². The fraction of sp³-hybridized carbons (Fsp3) is 0.571.